The van der Waals surface area contributed by atoms with Crippen LogP contribution in [0.15, 0.2) is 11.0 Å². The zero-order chi connectivity index (χ0) is 6.69. The van der Waals surface area contributed by atoms with Gasteiger partial charge in [-0.2, -0.15) is 0 Å². The summed E-state index contributed by atoms with van der Waals surface area (Å²) in [6, 6.07) is 0. The molecule has 0 radical (unpaired) electrons. The van der Waals surface area contributed by atoms with Gasteiger partial charge in [0.25, 0.3) is 5.56 Å². The van der Waals surface area contributed by atoms with Gasteiger partial charge >= 0.3 is 0 Å². The smallest absolute Gasteiger partial charge is 0.271 e. The van der Waals surface area contributed by atoms with Crippen molar-refractivity contribution in [3.05, 3.63) is 16.6 Å². The first-order valence-electron chi connectivity index (χ1n) is 2.42. The maximum absolute atomic E-state index is 10.5. The summed E-state index contributed by atoms with van der Waals surface area (Å²) in [5.41, 5.74) is -0.255. The summed E-state index contributed by atoms with van der Waals surface area (Å²) in [7, 11) is 1.65. The fraction of sp³-hybridized carbons (Fsp3) is 0.250. The molecular weight excluding hydrogens is 120 g/mol. The third-order valence-corrected chi connectivity index (χ3v) is 0.811. The minimum Gasteiger partial charge on any atom is -0.358 e. The lowest BCUT2D eigenvalue weighted by molar-refractivity contribution is 0.948. The molecule has 0 unspecified atom stereocenters. The number of H-pyrrole nitrogens is 1. The van der Waals surface area contributed by atoms with Gasteiger partial charge in [-0.3, -0.25) is 9.78 Å². The van der Waals surface area contributed by atoms with Gasteiger partial charge in [-0.05, 0) is 0 Å². The van der Waals surface area contributed by atoms with Crippen LogP contribution < -0.4 is 10.9 Å². The van der Waals surface area contributed by atoms with Crippen LogP contribution in [0.1, 0.15) is 0 Å². The van der Waals surface area contributed by atoms with Crippen LogP contribution in [-0.2, 0) is 0 Å². The molecule has 1 aromatic heterocycles. The molecule has 9 heavy (non-hydrogen) atoms. The predicted octanol–water partition coefficient (Wildman–Crippen LogP) is -0.793. The van der Waals surface area contributed by atoms with Gasteiger partial charge in [0.05, 0.1) is 0 Å². The van der Waals surface area contributed by atoms with E-state index >= 15 is 0 Å². The highest BCUT2D eigenvalue weighted by Crippen LogP contribution is 1.81. The monoisotopic (exact) mass is 126 g/mol. The van der Waals surface area contributed by atoms with Gasteiger partial charge < -0.3 is 5.32 Å². The van der Waals surface area contributed by atoms with Gasteiger partial charge in [-0.15, -0.1) is 10.2 Å². The Labute approximate surface area is 51.1 Å². The van der Waals surface area contributed by atoms with E-state index in [1.807, 2.05) is 0 Å². The van der Waals surface area contributed by atoms with Crippen molar-refractivity contribution < 1.29 is 0 Å². The molecule has 0 aliphatic heterocycles. The van der Waals surface area contributed by atoms with E-state index in [1.165, 1.54) is 0 Å². The molecule has 0 spiro atoms. The number of nitrogens with zero attached hydrogens (tertiary/aromatic N) is 2. The van der Waals surface area contributed by atoms with Crippen molar-refractivity contribution in [2.75, 3.05) is 12.4 Å². The fourth-order valence-corrected chi connectivity index (χ4v) is 0.426. The quantitative estimate of drug-likeness (QED) is 0.517. The SMILES string of the molecule is CNc1nncc(=O)[nH]1. The number of rotatable bonds is 1. The third-order valence-electron chi connectivity index (χ3n) is 0.811. The van der Waals surface area contributed by atoms with Gasteiger partial charge in [-0.1, -0.05) is 0 Å². The summed E-state index contributed by atoms with van der Waals surface area (Å²) in [5.74, 6) is 0.377. The van der Waals surface area contributed by atoms with Crippen LogP contribution in [0.4, 0.5) is 5.95 Å². The fourth-order valence-electron chi connectivity index (χ4n) is 0.426. The number of nitrogens with one attached hydrogen (secondary N) is 2. The Bertz CT molecular complexity index is 242. The minimum atomic E-state index is -0.255. The predicted molar refractivity (Wildman–Crippen MR) is 32.2 cm³/mol. The van der Waals surface area contributed by atoms with Crippen LogP contribution >= 0.6 is 0 Å². The molecule has 5 heteroatoms. The summed E-state index contributed by atoms with van der Waals surface area (Å²) in [6.45, 7) is 0. The molecule has 0 atom stereocenters. The largest absolute Gasteiger partial charge is 0.358 e. The molecule has 0 saturated heterocycles. The molecule has 1 rings (SSSR count). The van der Waals surface area contributed by atoms with Gasteiger partial charge in [-0.25, -0.2) is 0 Å². The lowest BCUT2D eigenvalue weighted by Crippen LogP contribution is -2.10. The average molecular weight is 126 g/mol. The molecule has 0 aromatic carbocycles. The lowest BCUT2D eigenvalue weighted by atomic mass is 10.8. The molecule has 0 aliphatic rings. The van der Waals surface area contributed by atoms with Crippen molar-refractivity contribution in [3.63, 3.8) is 0 Å². The number of aromatic nitrogens is 3. The van der Waals surface area contributed by atoms with Crippen molar-refractivity contribution in [1.82, 2.24) is 15.2 Å². The van der Waals surface area contributed by atoms with Crippen LogP contribution in [0.5, 0.6) is 0 Å². The van der Waals surface area contributed by atoms with Crippen molar-refractivity contribution in [3.8, 4) is 0 Å². The van der Waals surface area contributed by atoms with Crippen molar-refractivity contribution in [2.45, 2.75) is 0 Å². The Morgan fingerprint density at radius 2 is 2.56 bits per heavy atom. The van der Waals surface area contributed by atoms with Crippen molar-refractivity contribution >= 4 is 5.95 Å². The summed E-state index contributed by atoms with van der Waals surface area (Å²) in [6.07, 6.45) is 1.11. The van der Waals surface area contributed by atoms with Crippen LogP contribution in [0.2, 0.25) is 0 Å². The number of hydrogen-bond donors (Lipinski definition) is 2. The Morgan fingerprint density at radius 3 is 3.00 bits per heavy atom. The molecule has 0 bridgehead atoms. The molecule has 0 aliphatic carbocycles. The first-order chi connectivity index (χ1) is 4.33. The molecule has 48 valence electrons. The Kier molecular flexibility index (Phi) is 1.44. The highest BCUT2D eigenvalue weighted by atomic mass is 16.1. The summed E-state index contributed by atoms with van der Waals surface area (Å²) >= 11 is 0. The number of aromatic amines is 1. The van der Waals surface area contributed by atoms with E-state index in [2.05, 4.69) is 20.5 Å². The molecule has 0 amide bonds. The molecule has 5 nitrogen and oxygen atoms in total. The van der Waals surface area contributed by atoms with E-state index in [9.17, 15) is 4.79 Å². The normalized spacial score (nSPS) is 9.00. The second kappa shape index (κ2) is 2.25. The molecule has 1 aromatic rings. The van der Waals surface area contributed by atoms with E-state index in [-0.39, 0.29) is 5.56 Å². The van der Waals surface area contributed by atoms with Gasteiger partial charge in [0.15, 0.2) is 0 Å². The summed E-state index contributed by atoms with van der Waals surface area (Å²) in [5, 5.41) is 9.58. The average Bonchev–Trinajstić information content (AvgIpc) is 1.88. The van der Waals surface area contributed by atoms with E-state index in [0.29, 0.717) is 5.95 Å². The Hall–Kier alpha value is -1.39. The number of anilines is 1. The van der Waals surface area contributed by atoms with Crippen LogP contribution in [-0.4, -0.2) is 22.2 Å². The molecule has 0 fully saturated rings. The minimum absolute atomic E-state index is 0.255. The topological polar surface area (TPSA) is 70.7 Å². The third kappa shape index (κ3) is 1.25. The Morgan fingerprint density at radius 1 is 1.78 bits per heavy atom. The molecule has 1 heterocycles. The first-order valence-corrected chi connectivity index (χ1v) is 2.42. The van der Waals surface area contributed by atoms with Gasteiger partial charge in [0.2, 0.25) is 5.95 Å². The van der Waals surface area contributed by atoms with Crippen molar-refractivity contribution in [2.24, 2.45) is 0 Å². The lowest BCUT2D eigenvalue weighted by Gasteiger charge is -1.91. The maximum atomic E-state index is 10.5. The second-order valence-electron chi connectivity index (χ2n) is 1.43. The first kappa shape index (κ1) is 5.74. The maximum Gasteiger partial charge on any atom is 0.271 e. The van der Waals surface area contributed by atoms with Crippen LogP contribution in [0.3, 0.4) is 0 Å². The van der Waals surface area contributed by atoms with Crippen LogP contribution in [0, 0.1) is 0 Å². The Balaban J connectivity index is 3.08. The van der Waals surface area contributed by atoms with Crippen molar-refractivity contribution in [1.29, 1.82) is 0 Å². The van der Waals surface area contributed by atoms with Gasteiger partial charge in [0, 0.05) is 7.05 Å². The van der Waals surface area contributed by atoms with E-state index in [4.69, 9.17) is 0 Å². The van der Waals surface area contributed by atoms with E-state index < -0.39 is 0 Å². The highest BCUT2D eigenvalue weighted by Gasteiger charge is 1.87. The van der Waals surface area contributed by atoms with Crippen LogP contribution in [0.25, 0.3) is 0 Å². The second-order valence-corrected chi connectivity index (χ2v) is 1.43. The zero-order valence-corrected chi connectivity index (χ0v) is 4.88. The highest BCUT2D eigenvalue weighted by molar-refractivity contribution is 5.17. The summed E-state index contributed by atoms with van der Waals surface area (Å²) < 4.78 is 0. The van der Waals surface area contributed by atoms with E-state index in [1.54, 1.807) is 7.05 Å². The molecule has 2 N–H and O–H groups in total. The summed E-state index contributed by atoms with van der Waals surface area (Å²) in [4.78, 5) is 12.9. The standard InChI is InChI=1S/C4H6N4O/c1-5-4-7-3(9)2-6-8-4/h2H,1H3,(H2,5,7,8,9). The number of hydrogen-bond acceptors (Lipinski definition) is 4. The molecule has 0 saturated carbocycles. The zero-order valence-electron chi connectivity index (χ0n) is 4.88. The molecular formula is C4H6N4O. The van der Waals surface area contributed by atoms with Gasteiger partial charge in [0.1, 0.15) is 6.20 Å². The van der Waals surface area contributed by atoms with E-state index in [0.717, 1.165) is 6.20 Å².